The molecule has 1 aliphatic carbocycles. The van der Waals surface area contributed by atoms with Gasteiger partial charge in [0.25, 0.3) is 5.91 Å². The van der Waals surface area contributed by atoms with E-state index in [1.807, 2.05) is 0 Å². The molecule has 37 heavy (non-hydrogen) atoms. The number of hydrogen-bond donors (Lipinski definition) is 3. The van der Waals surface area contributed by atoms with E-state index in [0.29, 0.717) is 47.2 Å². The first-order valence-electron chi connectivity index (χ1n) is 11.8. The summed E-state index contributed by atoms with van der Waals surface area (Å²) in [5.41, 5.74) is 0.967. The van der Waals surface area contributed by atoms with Gasteiger partial charge in [-0.1, -0.05) is 17.7 Å². The molecule has 0 spiro atoms. The van der Waals surface area contributed by atoms with Gasteiger partial charge in [0.2, 0.25) is 17.6 Å². The summed E-state index contributed by atoms with van der Waals surface area (Å²) in [5.74, 6) is -2.23. The zero-order valence-electron chi connectivity index (χ0n) is 20.4. The van der Waals surface area contributed by atoms with Crippen molar-refractivity contribution in [2.75, 3.05) is 24.7 Å². The second-order valence-corrected chi connectivity index (χ2v) is 9.73. The van der Waals surface area contributed by atoms with Crippen LogP contribution in [0.1, 0.15) is 41.8 Å². The molecule has 0 unspecified atom stereocenters. The second kappa shape index (κ2) is 11.0. The number of rotatable bonds is 7. The molecule has 0 aliphatic heterocycles. The average Bonchev–Trinajstić information content (AvgIpc) is 3.22. The second-order valence-electron chi connectivity index (χ2n) is 9.29. The number of nitrogens with zero attached hydrogens (tertiary/aromatic N) is 2. The molecule has 1 fully saturated rings. The van der Waals surface area contributed by atoms with Gasteiger partial charge >= 0.3 is 5.97 Å². The van der Waals surface area contributed by atoms with Gasteiger partial charge in [0.15, 0.2) is 0 Å². The van der Waals surface area contributed by atoms with Gasteiger partial charge in [0.05, 0.1) is 11.4 Å². The van der Waals surface area contributed by atoms with Crippen molar-refractivity contribution in [2.24, 2.45) is 11.8 Å². The van der Waals surface area contributed by atoms with Crippen LogP contribution in [0.15, 0.2) is 40.9 Å². The summed E-state index contributed by atoms with van der Waals surface area (Å²) in [5, 5.41) is 15.5. The summed E-state index contributed by atoms with van der Waals surface area (Å²) in [4.78, 5) is 55.5. The number of fused-ring (bicyclic) bond motifs is 1. The number of carboxylic acids is 1. The lowest BCUT2D eigenvalue weighted by Crippen LogP contribution is -2.35. The number of amides is 3. The standard InChI is InChI=1S/C26H27ClN4O6/c1-31(2)26(36)16-6-4-15(5-7-16)24(34)30-22-18-11-14(12-21(32)33)3-9-19(18)37-23(22)25(35)29-20-10-8-17(27)13-28-20/h3,8-11,13,15-16H,4-7,12H2,1-2H3,(H,30,34)(H,32,33)(H,28,29,35). The SMILES string of the molecule is CN(C)C(=O)C1CCC(C(=O)Nc2c(C(=O)Nc3ccc(Cl)cn3)oc3ccc(CC(=O)O)cc23)CC1. The number of pyridine rings is 1. The molecule has 1 aliphatic rings. The molecule has 3 amide bonds. The molecule has 2 aromatic heterocycles. The number of hydrogen-bond acceptors (Lipinski definition) is 6. The monoisotopic (exact) mass is 526 g/mol. The Bertz CT molecular complexity index is 1340. The number of nitrogens with one attached hydrogen (secondary N) is 2. The fraction of sp³-hybridized carbons (Fsp3) is 0.346. The maximum absolute atomic E-state index is 13.3. The highest BCUT2D eigenvalue weighted by Crippen LogP contribution is 2.35. The summed E-state index contributed by atoms with van der Waals surface area (Å²) in [6.45, 7) is 0. The minimum Gasteiger partial charge on any atom is -0.481 e. The van der Waals surface area contributed by atoms with E-state index in [1.165, 1.54) is 12.3 Å². The topological polar surface area (TPSA) is 142 Å². The van der Waals surface area contributed by atoms with E-state index in [9.17, 15) is 24.3 Å². The molecule has 2 heterocycles. The quantitative estimate of drug-likeness (QED) is 0.419. The zero-order chi connectivity index (χ0) is 26.7. The molecular formula is C26H27ClN4O6. The number of carbonyl (C=O) groups excluding carboxylic acids is 3. The number of furan rings is 1. The molecule has 4 rings (SSSR count). The van der Waals surface area contributed by atoms with Gasteiger partial charge in [0, 0.05) is 37.5 Å². The van der Waals surface area contributed by atoms with Gasteiger partial charge in [-0.05, 0) is 55.5 Å². The Morgan fingerprint density at radius 2 is 1.76 bits per heavy atom. The van der Waals surface area contributed by atoms with E-state index in [0.717, 1.165) is 0 Å². The Morgan fingerprint density at radius 3 is 2.38 bits per heavy atom. The molecule has 0 bridgehead atoms. The van der Waals surface area contributed by atoms with Gasteiger partial charge in [-0.15, -0.1) is 0 Å². The average molecular weight is 527 g/mol. The van der Waals surface area contributed by atoms with Crippen LogP contribution in [0.5, 0.6) is 0 Å². The van der Waals surface area contributed by atoms with Gasteiger partial charge in [0.1, 0.15) is 17.1 Å². The van der Waals surface area contributed by atoms with E-state index < -0.39 is 11.9 Å². The summed E-state index contributed by atoms with van der Waals surface area (Å²) < 4.78 is 5.80. The highest BCUT2D eigenvalue weighted by molar-refractivity contribution is 6.30. The Labute approximate surface area is 218 Å². The van der Waals surface area contributed by atoms with Gasteiger partial charge in [-0.3, -0.25) is 19.2 Å². The summed E-state index contributed by atoms with van der Waals surface area (Å²) in [6.07, 6.45) is 3.42. The van der Waals surface area contributed by atoms with Crippen molar-refractivity contribution in [1.29, 1.82) is 0 Å². The van der Waals surface area contributed by atoms with E-state index >= 15 is 0 Å². The number of aromatic nitrogens is 1. The van der Waals surface area contributed by atoms with Crippen LogP contribution in [0.3, 0.4) is 0 Å². The zero-order valence-corrected chi connectivity index (χ0v) is 21.2. The van der Waals surface area contributed by atoms with Crippen LogP contribution >= 0.6 is 11.6 Å². The first kappa shape index (κ1) is 26.2. The van der Waals surface area contributed by atoms with Crippen LogP contribution in [0.2, 0.25) is 5.02 Å². The van der Waals surface area contributed by atoms with Gasteiger partial charge in [-0.2, -0.15) is 0 Å². The van der Waals surface area contributed by atoms with Crippen molar-refractivity contribution < 1.29 is 28.7 Å². The molecule has 1 aromatic carbocycles. The van der Waals surface area contributed by atoms with Crippen LogP contribution in [0.25, 0.3) is 11.0 Å². The molecule has 194 valence electrons. The van der Waals surface area contributed by atoms with Crippen LogP contribution in [0.4, 0.5) is 11.5 Å². The van der Waals surface area contributed by atoms with Crippen molar-refractivity contribution in [3.05, 3.63) is 52.9 Å². The lowest BCUT2D eigenvalue weighted by Gasteiger charge is -2.28. The van der Waals surface area contributed by atoms with Crippen LogP contribution in [-0.4, -0.2) is 52.8 Å². The number of benzene rings is 1. The highest BCUT2D eigenvalue weighted by atomic mass is 35.5. The molecule has 0 atom stereocenters. The van der Waals surface area contributed by atoms with Gasteiger partial charge < -0.3 is 25.1 Å². The lowest BCUT2D eigenvalue weighted by molar-refractivity contribution is -0.136. The van der Waals surface area contributed by atoms with Crippen molar-refractivity contribution in [3.8, 4) is 0 Å². The normalized spacial score (nSPS) is 17.3. The molecule has 10 nitrogen and oxygen atoms in total. The van der Waals surface area contributed by atoms with Crippen molar-refractivity contribution in [2.45, 2.75) is 32.1 Å². The highest BCUT2D eigenvalue weighted by Gasteiger charge is 2.32. The predicted molar refractivity (Wildman–Crippen MR) is 138 cm³/mol. The molecule has 1 saturated carbocycles. The molecule has 3 aromatic rings. The largest absolute Gasteiger partial charge is 0.481 e. The molecule has 0 saturated heterocycles. The maximum atomic E-state index is 13.3. The maximum Gasteiger partial charge on any atom is 0.307 e. The van der Waals surface area contributed by atoms with E-state index in [2.05, 4.69) is 15.6 Å². The van der Waals surface area contributed by atoms with E-state index in [1.54, 1.807) is 43.3 Å². The molecular weight excluding hydrogens is 500 g/mol. The third-order valence-electron chi connectivity index (χ3n) is 6.42. The lowest BCUT2D eigenvalue weighted by atomic mass is 9.81. The molecule has 0 radical (unpaired) electrons. The third-order valence-corrected chi connectivity index (χ3v) is 6.64. The smallest absolute Gasteiger partial charge is 0.307 e. The van der Waals surface area contributed by atoms with E-state index in [-0.39, 0.29) is 47.3 Å². The number of carbonyl (C=O) groups is 4. The third kappa shape index (κ3) is 6.08. The van der Waals surface area contributed by atoms with Crippen molar-refractivity contribution in [3.63, 3.8) is 0 Å². The predicted octanol–water partition coefficient (Wildman–Crippen LogP) is 4.19. The Hall–Kier alpha value is -3.92. The number of anilines is 2. The fourth-order valence-corrected chi connectivity index (χ4v) is 4.64. The van der Waals surface area contributed by atoms with Crippen molar-refractivity contribution in [1.82, 2.24) is 9.88 Å². The van der Waals surface area contributed by atoms with Crippen LogP contribution in [0, 0.1) is 11.8 Å². The van der Waals surface area contributed by atoms with Crippen LogP contribution < -0.4 is 10.6 Å². The number of halogens is 1. The summed E-state index contributed by atoms with van der Waals surface area (Å²) >= 11 is 5.86. The molecule has 11 heteroatoms. The molecule has 3 N–H and O–H groups in total. The minimum atomic E-state index is -1.01. The summed E-state index contributed by atoms with van der Waals surface area (Å²) in [6, 6.07) is 7.85. The Morgan fingerprint density at radius 1 is 1.05 bits per heavy atom. The Balaban J connectivity index is 1.60. The minimum absolute atomic E-state index is 0.0559. The summed E-state index contributed by atoms with van der Waals surface area (Å²) in [7, 11) is 3.44. The first-order chi connectivity index (χ1) is 17.6. The van der Waals surface area contributed by atoms with Crippen LogP contribution in [-0.2, 0) is 20.8 Å². The fourth-order valence-electron chi connectivity index (χ4n) is 4.53. The first-order valence-corrected chi connectivity index (χ1v) is 12.2. The van der Waals surface area contributed by atoms with E-state index in [4.69, 9.17) is 16.0 Å². The number of carboxylic acid groups (broad SMARTS) is 1. The number of aliphatic carboxylic acids is 1. The van der Waals surface area contributed by atoms with Crippen molar-refractivity contribution >= 4 is 57.8 Å². The Kier molecular flexibility index (Phi) is 7.77. The van der Waals surface area contributed by atoms with Gasteiger partial charge in [-0.25, -0.2) is 4.98 Å².